The number of carbonyl (C=O) groups is 1. The van der Waals surface area contributed by atoms with E-state index in [-0.39, 0.29) is 33.8 Å². The molecule has 0 fully saturated rings. The lowest BCUT2D eigenvalue weighted by atomic mass is 10.2. The summed E-state index contributed by atoms with van der Waals surface area (Å²) in [6.45, 7) is 6.07. The quantitative estimate of drug-likeness (QED) is 0.530. The van der Waals surface area contributed by atoms with Gasteiger partial charge >= 0.3 is 0 Å². The number of anilines is 3. The summed E-state index contributed by atoms with van der Waals surface area (Å²) in [4.78, 5) is 33.2. The summed E-state index contributed by atoms with van der Waals surface area (Å²) in [6, 6.07) is 1.60. The molecule has 0 saturated heterocycles. The van der Waals surface area contributed by atoms with Crippen LogP contribution in [0.15, 0.2) is 30.0 Å². The second-order valence-corrected chi connectivity index (χ2v) is 6.48. The summed E-state index contributed by atoms with van der Waals surface area (Å²) < 4.78 is 1.48. The van der Waals surface area contributed by atoms with E-state index < -0.39 is 6.17 Å². The van der Waals surface area contributed by atoms with Gasteiger partial charge in [0.1, 0.15) is 34.7 Å². The van der Waals surface area contributed by atoms with Crippen LogP contribution in [-0.4, -0.2) is 27.0 Å². The fourth-order valence-corrected chi connectivity index (χ4v) is 3.17. The van der Waals surface area contributed by atoms with Gasteiger partial charge in [-0.05, 0) is 37.6 Å². The van der Waals surface area contributed by atoms with Crippen LogP contribution in [-0.2, 0) is 0 Å². The number of hydrogen-bond acceptors (Lipinski definition) is 7. The number of halogens is 1. The summed E-state index contributed by atoms with van der Waals surface area (Å²) in [7, 11) is 0. The van der Waals surface area contributed by atoms with Gasteiger partial charge in [-0.3, -0.25) is 14.2 Å². The van der Waals surface area contributed by atoms with Crippen molar-refractivity contribution in [2.45, 2.75) is 25.9 Å². The lowest BCUT2D eigenvalue weighted by Crippen LogP contribution is -2.29. The predicted molar refractivity (Wildman–Crippen MR) is 104 cm³/mol. The molecule has 10 heteroatoms. The van der Waals surface area contributed by atoms with Crippen LogP contribution in [0.4, 0.5) is 17.3 Å². The lowest BCUT2D eigenvalue weighted by molar-refractivity contribution is 0.0953. The van der Waals surface area contributed by atoms with Gasteiger partial charge in [-0.25, -0.2) is 9.97 Å². The number of aryl methyl sites for hydroxylation is 1. The van der Waals surface area contributed by atoms with Crippen LogP contribution >= 0.6 is 11.6 Å². The molecule has 0 saturated carbocycles. The number of hydrogen-bond donors (Lipinski definition) is 4. The highest BCUT2D eigenvalue weighted by atomic mass is 35.5. The summed E-state index contributed by atoms with van der Waals surface area (Å²) in [5.74, 6) is 0.0731. The van der Waals surface area contributed by atoms with Crippen molar-refractivity contribution in [3.8, 4) is 0 Å². The maximum absolute atomic E-state index is 13.0. The van der Waals surface area contributed by atoms with Crippen LogP contribution < -0.4 is 27.2 Å². The molecule has 1 amide bonds. The summed E-state index contributed by atoms with van der Waals surface area (Å²) in [5, 5.41) is 8.89. The second-order valence-electron chi connectivity index (χ2n) is 6.10. The van der Waals surface area contributed by atoms with Crippen molar-refractivity contribution in [2.24, 2.45) is 0 Å². The highest BCUT2D eigenvalue weighted by Gasteiger charge is 2.31. The minimum Gasteiger partial charge on any atom is -0.391 e. The zero-order chi connectivity index (χ0) is 19.6. The molecule has 1 atom stereocenters. The minimum atomic E-state index is -0.419. The Kier molecular flexibility index (Phi) is 5.31. The first-order valence-electron chi connectivity index (χ1n) is 8.38. The first-order chi connectivity index (χ1) is 12.9. The standard InChI is InChI=1S/C17H20ClN7O2/c1-3-20-6-4-5-11-24-16(26)13-9(2)7-10(17(27)25(11)13)23-15-12(18)14(19)21-8-22-15/h3,7-8,11,20H,1,4-6H2,2H3,(H,24,26)(H3,19,21,22,23). The van der Waals surface area contributed by atoms with Crippen LogP contribution in [0.1, 0.15) is 35.1 Å². The first-order valence-corrected chi connectivity index (χ1v) is 8.76. The third-order valence-corrected chi connectivity index (χ3v) is 4.63. The number of nitrogens with one attached hydrogen (secondary N) is 3. The van der Waals surface area contributed by atoms with Gasteiger partial charge in [-0.1, -0.05) is 18.2 Å². The molecule has 0 aromatic carbocycles. The third kappa shape index (κ3) is 3.59. The average molecular weight is 390 g/mol. The molecular weight excluding hydrogens is 370 g/mol. The molecule has 0 radical (unpaired) electrons. The van der Waals surface area contributed by atoms with Gasteiger partial charge in [-0.2, -0.15) is 0 Å². The number of amides is 1. The van der Waals surface area contributed by atoms with E-state index in [0.717, 1.165) is 6.42 Å². The molecule has 1 aliphatic rings. The van der Waals surface area contributed by atoms with Crippen molar-refractivity contribution in [1.82, 2.24) is 25.2 Å². The van der Waals surface area contributed by atoms with Gasteiger partial charge in [0.25, 0.3) is 11.5 Å². The molecular formula is C17H20ClN7O2. The van der Waals surface area contributed by atoms with E-state index in [4.69, 9.17) is 17.3 Å². The highest BCUT2D eigenvalue weighted by Crippen LogP contribution is 2.28. The van der Waals surface area contributed by atoms with Crippen molar-refractivity contribution in [3.63, 3.8) is 0 Å². The van der Waals surface area contributed by atoms with E-state index in [0.29, 0.717) is 24.2 Å². The van der Waals surface area contributed by atoms with E-state index in [2.05, 4.69) is 32.5 Å². The predicted octanol–water partition coefficient (Wildman–Crippen LogP) is 1.68. The number of aromatic nitrogens is 3. The molecule has 3 rings (SSSR count). The van der Waals surface area contributed by atoms with Gasteiger partial charge in [-0.15, -0.1) is 0 Å². The normalized spacial score (nSPS) is 15.2. The largest absolute Gasteiger partial charge is 0.391 e. The Hall–Kier alpha value is -3.07. The number of nitrogen functional groups attached to an aromatic ring is 1. The Balaban J connectivity index is 1.96. The zero-order valence-corrected chi connectivity index (χ0v) is 15.5. The molecule has 3 heterocycles. The van der Waals surface area contributed by atoms with Crippen LogP contribution in [0.25, 0.3) is 0 Å². The molecule has 1 aliphatic heterocycles. The molecule has 142 valence electrons. The topological polar surface area (TPSA) is 127 Å². The van der Waals surface area contributed by atoms with Gasteiger partial charge < -0.3 is 21.7 Å². The number of nitrogens with zero attached hydrogens (tertiary/aromatic N) is 3. The average Bonchev–Trinajstić information content (AvgIpc) is 2.97. The van der Waals surface area contributed by atoms with Crippen molar-refractivity contribution >= 4 is 34.8 Å². The van der Waals surface area contributed by atoms with E-state index in [1.54, 1.807) is 19.2 Å². The third-order valence-electron chi connectivity index (χ3n) is 4.26. The molecule has 0 bridgehead atoms. The summed E-state index contributed by atoms with van der Waals surface area (Å²) in [6.07, 6.45) is 3.80. The molecule has 2 aromatic heterocycles. The maximum Gasteiger partial charge on any atom is 0.276 e. The van der Waals surface area contributed by atoms with Crippen molar-refractivity contribution < 1.29 is 4.79 Å². The van der Waals surface area contributed by atoms with Crippen LogP contribution in [0.2, 0.25) is 5.02 Å². The fourth-order valence-electron chi connectivity index (χ4n) is 3.03. The van der Waals surface area contributed by atoms with Gasteiger partial charge in [0.05, 0.1) is 0 Å². The Morgan fingerprint density at radius 3 is 2.96 bits per heavy atom. The number of nitrogens with two attached hydrogens (primary N) is 1. The lowest BCUT2D eigenvalue weighted by Gasteiger charge is -2.16. The molecule has 0 aliphatic carbocycles. The molecule has 9 nitrogen and oxygen atoms in total. The Morgan fingerprint density at radius 2 is 2.22 bits per heavy atom. The molecule has 0 spiro atoms. The molecule has 5 N–H and O–H groups in total. The van der Waals surface area contributed by atoms with Crippen molar-refractivity contribution in [3.05, 3.63) is 51.8 Å². The molecule has 27 heavy (non-hydrogen) atoms. The number of rotatable bonds is 7. The van der Waals surface area contributed by atoms with Gasteiger partial charge in [0.15, 0.2) is 5.82 Å². The highest BCUT2D eigenvalue weighted by molar-refractivity contribution is 6.35. The monoisotopic (exact) mass is 389 g/mol. The fraction of sp³-hybridized carbons (Fsp3) is 0.294. The number of fused-ring (bicyclic) bond motifs is 1. The SMILES string of the molecule is C=CNCCCC1NC(=O)c2c(C)cc(Nc3ncnc(N)c3Cl)c(=O)n21. The summed E-state index contributed by atoms with van der Waals surface area (Å²) >= 11 is 6.10. The van der Waals surface area contributed by atoms with Gasteiger partial charge in [0.2, 0.25) is 0 Å². The Labute approximate surface area is 160 Å². The number of pyridine rings is 1. The second kappa shape index (κ2) is 7.67. The van der Waals surface area contributed by atoms with E-state index in [1.165, 1.54) is 10.9 Å². The Morgan fingerprint density at radius 1 is 1.44 bits per heavy atom. The minimum absolute atomic E-state index is 0.108. The van der Waals surface area contributed by atoms with Crippen LogP contribution in [0, 0.1) is 6.92 Å². The van der Waals surface area contributed by atoms with E-state index in [1.807, 2.05) is 0 Å². The van der Waals surface area contributed by atoms with E-state index in [9.17, 15) is 9.59 Å². The van der Waals surface area contributed by atoms with Crippen LogP contribution in [0.5, 0.6) is 0 Å². The van der Waals surface area contributed by atoms with E-state index >= 15 is 0 Å². The van der Waals surface area contributed by atoms with Crippen LogP contribution in [0.3, 0.4) is 0 Å². The van der Waals surface area contributed by atoms with Crippen molar-refractivity contribution in [1.29, 1.82) is 0 Å². The Bertz CT molecular complexity index is 957. The molecule has 1 unspecified atom stereocenters. The van der Waals surface area contributed by atoms with Gasteiger partial charge in [0, 0.05) is 6.54 Å². The van der Waals surface area contributed by atoms with Crippen molar-refractivity contribution in [2.75, 3.05) is 17.6 Å². The zero-order valence-electron chi connectivity index (χ0n) is 14.8. The maximum atomic E-state index is 13.0. The smallest absolute Gasteiger partial charge is 0.276 e. The molecule has 2 aromatic rings. The summed E-state index contributed by atoms with van der Waals surface area (Å²) in [5.41, 5.74) is 6.61. The number of carbonyl (C=O) groups excluding carboxylic acids is 1. The first kappa shape index (κ1) is 18.7.